The fraction of sp³-hybridized carbons (Fsp3) is 0.571. The number of hydrogen-bond donors (Lipinski definition) is 1. The minimum atomic E-state index is 0.0458. The van der Waals surface area contributed by atoms with E-state index in [1.807, 2.05) is 25.1 Å². The van der Waals surface area contributed by atoms with Gasteiger partial charge >= 0.3 is 0 Å². The van der Waals surface area contributed by atoms with E-state index < -0.39 is 0 Å². The largest absolute Gasteiger partial charge is 0.494 e. The molecule has 1 aliphatic rings. The first-order chi connectivity index (χ1) is 8.31. The van der Waals surface area contributed by atoms with Crippen LogP contribution in [-0.4, -0.2) is 19.8 Å². The van der Waals surface area contributed by atoms with Crippen LogP contribution in [0.3, 0.4) is 0 Å². The van der Waals surface area contributed by atoms with E-state index in [4.69, 9.17) is 15.2 Å². The summed E-state index contributed by atoms with van der Waals surface area (Å²) >= 11 is 0. The molecule has 2 atom stereocenters. The zero-order valence-corrected chi connectivity index (χ0v) is 10.4. The van der Waals surface area contributed by atoms with Gasteiger partial charge in [0.1, 0.15) is 5.75 Å². The lowest BCUT2D eigenvalue weighted by Crippen LogP contribution is -2.16. The van der Waals surface area contributed by atoms with E-state index in [0.717, 1.165) is 37.4 Å². The van der Waals surface area contributed by atoms with E-state index in [0.29, 0.717) is 12.5 Å². The van der Waals surface area contributed by atoms with Gasteiger partial charge in [0.25, 0.3) is 0 Å². The molecule has 1 aromatic carbocycles. The number of benzene rings is 1. The van der Waals surface area contributed by atoms with Crippen LogP contribution in [-0.2, 0) is 4.74 Å². The number of ether oxygens (including phenoxy) is 2. The molecule has 1 heterocycles. The van der Waals surface area contributed by atoms with Gasteiger partial charge in [-0.2, -0.15) is 0 Å². The lowest BCUT2D eigenvalue weighted by molar-refractivity contribution is 0.182. The lowest BCUT2D eigenvalue weighted by atomic mass is 9.94. The zero-order chi connectivity index (χ0) is 12.1. The van der Waals surface area contributed by atoms with Gasteiger partial charge in [-0.1, -0.05) is 18.2 Å². The van der Waals surface area contributed by atoms with Crippen molar-refractivity contribution in [1.29, 1.82) is 0 Å². The number of nitrogens with two attached hydrogens (primary N) is 1. The number of para-hydroxylation sites is 1. The van der Waals surface area contributed by atoms with Gasteiger partial charge in [-0.15, -0.1) is 0 Å². The van der Waals surface area contributed by atoms with Gasteiger partial charge in [0.15, 0.2) is 0 Å². The van der Waals surface area contributed by atoms with Crippen LogP contribution < -0.4 is 10.5 Å². The predicted octanol–water partition coefficient (Wildman–Crippen LogP) is 2.51. The molecule has 2 unspecified atom stereocenters. The summed E-state index contributed by atoms with van der Waals surface area (Å²) in [5.74, 6) is 1.51. The molecule has 1 aromatic rings. The van der Waals surface area contributed by atoms with Gasteiger partial charge < -0.3 is 15.2 Å². The van der Waals surface area contributed by atoms with Crippen molar-refractivity contribution in [2.75, 3.05) is 19.8 Å². The van der Waals surface area contributed by atoms with Crippen LogP contribution in [0.1, 0.15) is 31.4 Å². The average molecular weight is 235 g/mol. The third-order valence-electron chi connectivity index (χ3n) is 3.23. The first kappa shape index (κ1) is 12.4. The summed E-state index contributed by atoms with van der Waals surface area (Å²) in [6, 6.07) is 8.10. The van der Waals surface area contributed by atoms with E-state index in [2.05, 4.69) is 6.07 Å². The molecule has 0 saturated carbocycles. The van der Waals surface area contributed by atoms with Crippen LogP contribution in [0.2, 0.25) is 0 Å². The Morgan fingerprint density at radius 2 is 2.29 bits per heavy atom. The zero-order valence-electron chi connectivity index (χ0n) is 10.4. The Labute approximate surface area is 103 Å². The van der Waals surface area contributed by atoms with Gasteiger partial charge in [0, 0.05) is 24.8 Å². The van der Waals surface area contributed by atoms with E-state index in [-0.39, 0.29) is 6.04 Å². The number of rotatable bonds is 5. The average Bonchev–Trinajstić information content (AvgIpc) is 2.83. The SMILES string of the molecule is CCOc1ccccc1C(N)CC1CCOC1. The minimum absolute atomic E-state index is 0.0458. The van der Waals surface area contributed by atoms with Crippen LogP contribution >= 0.6 is 0 Å². The fourth-order valence-electron chi connectivity index (χ4n) is 2.33. The van der Waals surface area contributed by atoms with Crippen molar-refractivity contribution in [1.82, 2.24) is 0 Å². The third-order valence-corrected chi connectivity index (χ3v) is 3.23. The van der Waals surface area contributed by atoms with Crippen LogP contribution in [0.4, 0.5) is 0 Å². The summed E-state index contributed by atoms with van der Waals surface area (Å²) in [5, 5.41) is 0. The monoisotopic (exact) mass is 235 g/mol. The van der Waals surface area contributed by atoms with Crippen molar-refractivity contribution >= 4 is 0 Å². The Bertz CT molecular complexity index is 348. The van der Waals surface area contributed by atoms with E-state index in [1.165, 1.54) is 0 Å². The quantitative estimate of drug-likeness (QED) is 0.853. The Kier molecular flexibility index (Phi) is 4.40. The molecule has 0 aromatic heterocycles. The molecule has 1 fully saturated rings. The molecule has 17 heavy (non-hydrogen) atoms. The molecule has 2 rings (SSSR count). The fourth-order valence-corrected chi connectivity index (χ4v) is 2.33. The lowest BCUT2D eigenvalue weighted by Gasteiger charge is -2.18. The van der Waals surface area contributed by atoms with Crippen molar-refractivity contribution in [3.05, 3.63) is 29.8 Å². The highest BCUT2D eigenvalue weighted by Crippen LogP contribution is 2.30. The van der Waals surface area contributed by atoms with Crippen molar-refractivity contribution in [3.8, 4) is 5.75 Å². The van der Waals surface area contributed by atoms with Gasteiger partial charge in [-0.25, -0.2) is 0 Å². The second kappa shape index (κ2) is 6.03. The van der Waals surface area contributed by atoms with Gasteiger partial charge in [0.2, 0.25) is 0 Å². The summed E-state index contributed by atoms with van der Waals surface area (Å²) in [4.78, 5) is 0. The summed E-state index contributed by atoms with van der Waals surface area (Å²) in [6.45, 7) is 4.40. The van der Waals surface area contributed by atoms with Crippen molar-refractivity contribution in [2.45, 2.75) is 25.8 Å². The Hall–Kier alpha value is -1.06. The highest BCUT2D eigenvalue weighted by molar-refractivity contribution is 5.35. The second-order valence-corrected chi connectivity index (χ2v) is 4.54. The molecule has 2 N–H and O–H groups in total. The highest BCUT2D eigenvalue weighted by atomic mass is 16.5. The minimum Gasteiger partial charge on any atom is -0.494 e. The smallest absolute Gasteiger partial charge is 0.124 e. The van der Waals surface area contributed by atoms with Crippen LogP contribution in [0.15, 0.2) is 24.3 Å². The predicted molar refractivity (Wildman–Crippen MR) is 68.1 cm³/mol. The molecule has 1 saturated heterocycles. The van der Waals surface area contributed by atoms with Crippen molar-refractivity contribution in [3.63, 3.8) is 0 Å². The maximum atomic E-state index is 6.27. The normalized spacial score (nSPS) is 21.4. The van der Waals surface area contributed by atoms with Crippen molar-refractivity contribution < 1.29 is 9.47 Å². The molecule has 1 aliphatic heterocycles. The second-order valence-electron chi connectivity index (χ2n) is 4.54. The van der Waals surface area contributed by atoms with Crippen LogP contribution in [0.5, 0.6) is 5.75 Å². The maximum Gasteiger partial charge on any atom is 0.124 e. The summed E-state index contributed by atoms with van der Waals surface area (Å²) in [6.07, 6.45) is 2.11. The van der Waals surface area contributed by atoms with Gasteiger partial charge in [-0.3, -0.25) is 0 Å². The molecule has 0 aliphatic carbocycles. The molecule has 3 nitrogen and oxygen atoms in total. The molecule has 3 heteroatoms. The first-order valence-corrected chi connectivity index (χ1v) is 6.36. The maximum absolute atomic E-state index is 6.27. The number of hydrogen-bond acceptors (Lipinski definition) is 3. The summed E-state index contributed by atoms with van der Waals surface area (Å²) in [5.41, 5.74) is 7.38. The van der Waals surface area contributed by atoms with Crippen LogP contribution in [0, 0.1) is 5.92 Å². The molecule has 0 radical (unpaired) electrons. The van der Waals surface area contributed by atoms with Crippen LogP contribution in [0.25, 0.3) is 0 Å². The molecule has 0 bridgehead atoms. The third kappa shape index (κ3) is 3.20. The van der Waals surface area contributed by atoms with E-state index in [9.17, 15) is 0 Å². The molecule has 0 spiro atoms. The molecule has 0 amide bonds. The Morgan fingerprint density at radius 3 is 3.00 bits per heavy atom. The topological polar surface area (TPSA) is 44.5 Å². The van der Waals surface area contributed by atoms with E-state index in [1.54, 1.807) is 0 Å². The Morgan fingerprint density at radius 1 is 1.47 bits per heavy atom. The summed E-state index contributed by atoms with van der Waals surface area (Å²) in [7, 11) is 0. The molecular formula is C14H21NO2. The molecule has 94 valence electrons. The van der Waals surface area contributed by atoms with E-state index >= 15 is 0 Å². The Balaban J connectivity index is 2.03. The summed E-state index contributed by atoms with van der Waals surface area (Å²) < 4.78 is 11.0. The highest BCUT2D eigenvalue weighted by Gasteiger charge is 2.21. The first-order valence-electron chi connectivity index (χ1n) is 6.36. The van der Waals surface area contributed by atoms with Gasteiger partial charge in [-0.05, 0) is 31.7 Å². The molecular weight excluding hydrogens is 214 g/mol. The standard InChI is InChI=1S/C14H21NO2/c1-2-17-14-6-4-3-5-12(14)13(15)9-11-7-8-16-10-11/h3-6,11,13H,2,7-10,15H2,1H3. The van der Waals surface area contributed by atoms with Gasteiger partial charge in [0.05, 0.1) is 6.61 Å². The van der Waals surface area contributed by atoms with Crippen molar-refractivity contribution in [2.24, 2.45) is 11.7 Å².